The zero-order chi connectivity index (χ0) is 18.9. The van der Waals surface area contributed by atoms with Gasteiger partial charge in [0.05, 0.1) is 0 Å². The molecule has 4 rings (SSSR count). The third-order valence-corrected chi connectivity index (χ3v) is 3.00. The Balaban J connectivity index is 0.000000332. The van der Waals surface area contributed by atoms with E-state index in [1.807, 2.05) is 97.1 Å². The van der Waals surface area contributed by atoms with Gasteiger partial charge < -0.3 is 5.11 Å². The molecule has 4 aromatic carbocycles. The standard InChI is InChI=1S/2C7H7.C6H6O.C5H5.Zr/c2*1-7-5-3-2-4-6-7;7-6-4-2-1-3-5-6;1-2-4-5-3-1;/h2*2-6H,1H2;1-5,7H;1-5H;/q2*-1;;-1;+3. The summed E-state index contributed by atoms with van der Waals surface area (Å²) in [7, 11) is 0. The molecule has 0 heterocycles. The van der Waals surface area contributed by atoms with Crippen molar-refractivity contribution in [3.63, 3.8) is 0 Å². The summed E-state index contributed by atoms with van der Waals surface area (Å²) in [6.07, 6.45) is 0. The fraction of sp³-hybridized carbons (Fsp3) is 0. The summed E-state index contributed by atoms with van der Waals surface area (Å²) >= 11 is 0. The van der Waals surface area contributed by atoms with Crippen molar-refractivity contribution in [2.45, 2.75) is 0 Å². The minimum absolute atomic E-state index is 0. The van der Waals surface area contributed by atoms with Gasteiger partial charge >= 0.3 is 26.2 Å². The van der Waals surface area contributed by atoms with Gasteiger partial charge in [0.15, 0.2) is 0 Å². The molecule has 0 bridgehead atoms. The molecule has 0 aliphatic carbocycles. The third-order valence-electron chi connectivity index (χ3n) is 3.00. The number of aromatic hydroxyl groups is 1. The quantitative estimate of drug-likeness (QED) is 0.313. The first kappa shape index (κ1) is 24.4. The van der Waals surface area contributed by atoms with Gasteiger partial charge in [0.2, 0.25) is 0 Å². The van der Waals surface area contributed by atoms with Crippen LogP contribution in [0.5, 0.6) is 5.75 Å². The molecule has 1 radical (unpaired) electrons. The first-order chi connectivity index (χ1) is 12.7. The minimum Gasteiger partial charge on any atom is -0.508 e. The second kappa shape index (κ2) is 16.9. The summed E-state index contributed by atoms with van der Waals surface area (Å²) < 4.78 is 0. The number of phenols is 1. The van der Waals surface area contributed by atoms with Crippen LogP contribution in [0.1, 0.15) is 11.1 Å². The van der Waals surface area contributed by atoms with Crippen LogP contribution in [0.3, 0.4) is 0 Å². The maximum atomic E-state index is 8.63. The second-order valence-corrected chi connectivity index (χ2v) is 5.27. The molecule has 0 saturated carbocycles. The van der Waals surface area contributed by atoms with Crippen LogP contribution in [-0.2, 0) is 26.2 Å². The molecule has 0 saturated heterocycles. The van der Waals surface area contributed by atoms with Crippen LogP contribution in [0.2, 0.25) is 0 Å². The van der Waals surface area contributed by atoms with Crippen molar-refractivity contribution in [2.75, 3.05) is 0 Å². The molecule has 0 aliphatic heterocycles. The Labute approximate surface area is 182 Å². The number of benzene rings is 3. The second-order valence-electron chi connectivity index (χ2n) is 5.27. The van der Waals surface area contributed by atoms with Crippen LogP contribution >= 0.6 is 0 Å². The van der Waals surface area contributed by atoms with Crippen molar-refractivity contribution >= 4 is 0 Å². The minimum atomic E-state index is 0. The molecule has 2 heteroatoms. The third kappa shape index (κ3) is 15.4. The Hall–Kier alpha value is -2.57. The molecule has 0 unspecified atom stereocenters. The average Bonchev–Trinajstić information content (AvgIpc) is 3.25. The van der Waals surface area contributed by atoms with E-state index in [-0.39, 0.29) is 26.2 Å². The molecule has 0 atom stereocenters. The molecule has 27 heavy (non-hydrogen) atoms. The van der Waals surface area contributed by atoms with E-state index in [1.54, 1.807) is 24.3 Å². The molecule has 0 amide bonds. The van der Waals surface area contributed by atoms with Crippen molar-refractivity contribution in [2.24, 2.45) is 0 Å². The fourth-order valence-electron chi connectivity index (χ4n) is 1.70. The van der Waals surface area contributed by atoms with Gasteiger partial charge in [0, 0.05) is 0 Å². The molecule has 1 nitrogen and oxygen atoms in total. The molecule has 0 spiro atoms. The van der Waals surface area contributed by atoms with Crippen LogP contribution in [0.25, 0.3) is 0 Å². The summed E-state index contributed by atoms with van der Waals surface area (Å²) in [5.74, 6) is 0.322. The van der Waals surface area contributed by atoms with Gasteiger partial charge in [0.1, 0.15) is 5.75 Å². The summed E-state index contributed by atoms with van der Waals surface area (Å²) in [6, 6.07) is 38.5. The topological polar surface area (TPSA) is 20.2 Å². The van der Waals surface area contributed by atoms with E-state index in [2.05, 4.69) is 13.8 Å². The van der Waals surface area contributed by atoms with Crippen molar-refractivity contribution in [3.05, 3.63) is 146 Å². The smallest absolute Gasteiger partial charge is 0.508 e. The van der Waals surface area contributed by atoms with Crippen LogP contribution in [0.4, 0.5) is 0 Å². The van der Waals surface area contributed by atoms with Gasteiger partial charge in [-0.05, 0) is 12.1 Å². The number of hydrogen-bond acceptors (Lipinski definition) is 1. The summed E-state index contributed by atoms with van der Waals surface area (Å²) in [5.41, 5.74) is 2.14. The zero-order valence-electron chi connectivity index (χ0n) is 15.4. The largest absolute Gasteiger partial charge is 3.00 e. The summed E-state index contributed by atoms with van der Waals surface area (Å²) in [6.45, 7) is 7.44. The summed E-state index contributed by atoms with van der Waals surface area (Å²) in [5, 5.41) is 8.63. The maximum Gasteiger partial charge on any atom is 3.00 e. The van der Waals surface area contributed by atoms with E-state index in [0.717, 1.165) is 11.1 Å². The van der Waals surface area contributed by atoms with E-state index in [1.165, 1.54) is 0 Å². The Morgan fingerprint density at radius 3 is 1.00 bits per heavy atom. The molecular formula is C25H25OZr. The Kier molecular flexibility index (Phi) is 15.3. The Morgan fingerprint density at radius 2 is 0.852 bits per heavy atom. The normalized spacial score (nSPS) is 8.15. The van der Waals surface area contributed by atoms with Crippen LogP contribution in [0.15, 0.2) is 121 Å². The van der Waals surface area contributed by atoms with E-state index in [9.17, 15) is 0 Å². The maximum absolute atomic E-state index is 8.63. The van der Waals surface area contributed by atoms with E-state index < -0.39 is 0 Å². The van der Waals surface area contributed by atoms with Gasteiger partial charge in [-0.25, -0.2) is 12.1 Å². The number of rotatable bonds is 0. The van der Waals surface area contributed by atoms with Gasteiger partial charge in [-0.15, -0.1) is 24.3 Å². The van der Waals surface area contributed by atoms with E-state index in [4.69, 9.17) is 5.11 Å². The predicted molar refractivity (Wildman–Crippen MR) is 112 cm³/mol. The van der Waals surface area contributed by atoms with Crippen molar-refractivity contribution in [3.8, 4) is 5.75 Å². The number of phenolic OH excluding ortho intramolecular Hbond substituents is 1. The monoisotopic (exact) mass is 431 g/mol. The average molecular weight is 433 g/mol. The van der Waals surface area contributed by atoms with Crippen LogP contribution < -0.4 is 0 Å². The molecule has 0 aliphatic rings. The molecule has 4 aromatic rings. The fourth-order valence-corrected chi connectivity index (χ4v) is 1.70. The van der Waals surface area contributed by atoms with E-state index >= 15 is 0 Å². The molecule has 0 aromatic heterocycles. The van der Waals surface area contributed by atoms with Crippen LogP contribution in [0, 0.1) is 13.8 Å². The van der Waals surface area contributed by atoms with Crippen molar-refractivity contribution < 1.29 is 31.3 Å². The molecule has 0 fully saturated rings. The molecule has 1 N–H and O–H groups in total. The van der Waals surface area contributed by atoms with Crippen LogP contribution in [-0.4, -0.2) is 5.11 Å². The van der Waals surface area contributed by atoms with E-state index in [0.29, 0.717) is 5.75 Å². The number of para-hydroxylation sites is 1. The SMILES string of the molecule is Oc1ccccc1.[CH2-]c1ccccc1.[CH2-]c1ccccc1.[Zr+3].c1cc[cH-]c1. The van der Waals surface area contributed by atoms with Crippen molar-refractivity contribution in [1.29, 1.82) is 0 Å². The first-order valence-corrected chi connectivity index (χ1v) is 8.33. The number of hydrogen-bond donors (Lipinski definition) is 1. The first-order valence-electron chi connectivity index (χ1n) is 8.33. The Bertz CT molecular complexity index is 645. The molecular weight excluding hydrogens is 407 g/mol. The zero-order valence-corrected chi connectivity index (χ0v) is 17.9. The van der Waals surface area contributed by atoms with Gasteiger partial charge in [-0.3, -0.25) is 0 Å². The Morgan fingerprint density at radius 1 is 0.519 bits per heavy atom. The predicted octanol–water partition coefficient (Wildman–Crippen LogP) is 6.53. The van der Waals surface area contributed by atoms with Gasteiger partial charge in [0.25, 0.3) is 0 Å². The van der Waals surface area contributed by atoms with Crippen molar-refractivity contribution in [1.82, 2.24) is 0 Å². The van der Waals surface area contributed by atoms with Gasteiger partial charge in [-0.2, -0.15) is 67.4 Å². The van der Waals surface area contributed by atoms with Gasteiger partial charge in [-0.1, -0.05) is 30.3 Å². The molecule has 135 valence electrons. The summed E-state index contributed by atoms with van der Waals surface area (Å²) in [4.78, 5) is 0.